The smallest absolute Gasteiger partial charge is 0.256 e. The van der Waals surface area contributed by atoms with Gasteiger partial charge < -0.3 is 23.9 Å². The number of hydrogen-bond acceptors (Lipinski definition) is 6. The molecular weight excluding hydrogens is 408 g/mol. The molecule has 1 N–H and O–H groups in total. The first-order chi connectivity index (χ1) is 15.6. The van der Waals surface area contributed by atoms with E-state index < -0.39 is 0 Å². The summed E-state index contributed by atoms with van der Waals surface area (Å²) in [6.45, 7) is 0. The van der Waals surface area contributed by atoms with Crippen LogP contribution in [0.5, 0.6) is 17.2 Å². The van der Waals surface area contributed by atoms with Crippen molar-refractivity contribution in [3.8, 4) is 40.0 Å². The number of amides is 1. The van der Waals surface area contributed by atoms with Crippen LogP contribution in [0.25, 0.3) is 22.8 Å². The third-order valence-electron chi connectivity index (χ3n) is 4.92. The molecule has 0 fully saturated rings. The molecule has 7 heteroatoms. The van der Waals surface area contributed by atoms with E-state index >= 15 is 0 Å². The van der Waals surface area contributed by atoms with E-state index in [0.29, 0.717) is 45.7 Å². The first-order valence-corrected chi connectivity index (χ1v) is 9.86. The van der Waals surface area contributed by atoms with Gasteiger partial charge in [0.2, 0.25) is 5.89 Å². The summed E-state index contributed by atoms with van der Waals surface area (Å²) in [7, 11) is 4.71. The summed E-state index contributed by atoms with van der Waals surface area (Å²) >= 11 is 0. The Morgan fingerprint density at radius 2 is 1.66 bits per heavy atom. The second-order valence-corrected chi connectivity index (χ2v) is 6.83. The Labute approximate surface area is 185 Å². The molecule has 0 unspecified atom stereocenters. The average Bonchev–Trinajstić information content (AvgIpc) is 3.34. The number of nitrogens with zero attached hydrogens (tertiary/aromatic N) is 1. The van der Waals surface area contributed by atoms with Crippen molar-refractivity contribution >= 4 is 11.6 Å². The van der Waals surface area contributed by atoms with Gasteiger partial charge in [0.25, 0.3) is 5.91 Å². The Morgan fingerprint density at radius 1 is 0.875 bits per heavy atom. The number of aromatic nitrogens is 1. The second kappa shape index (κ2) is 9.26. The van der Waals surface area contributed by atoms with Crippen LogP contribution in [0.2, 0.25) is 0 Å². The summed E-state index contributed by atoms with van der Waals surface area (Å²) in [6, 6.07) is 19.8. The van der Waals surface area contributed by atoms with Gasteiger partial charge in [-0.1, -0.05) is 24.3 Å². The lowest BCUT2D eigenvalue weighted by Gasteiger charge is -2.13. The van der Waals surface area contributed by atoms with Gasteiger partial charge in [-0.15, -0.1) is 0 Å². The molecule has 0 bridgehead atoms. The normalized spacial score (nSPS) is 10.5. The lowest BCUT2D eigenvalue weighted by atomic mass is 10.1. The van der Waals surface area contributed by atoms with Gasteiger partial charge in [0.05, 0.1) is 38.8 Å². The molecule has 1 amide bonds. The zero-order valence-electron chi connectivity index (χ0n) is 17.9. The number of rotatable bonds is 7. The van der Waals surface area contributed by atoms with Crippen LogP contribution >= 0.6 is 0 Å². The Hall–Kier alpha value is -4.26. The molecule has 32 heavy (non-hydrogen) atoms. The number of carbonyl (C=O) groups is 1. The van der Waals surface area contributed by atoms with Crippen molar-refractivity contribution in [3.63, 3.8) is 0 Å². The predicted molar refractivity (Wildman–Crippen MR) is 121 cm³/mol. The fourth-order valence-electron chi connectivity index (χ4n) is 3.28. The molecular formula is C25H22N2O5. The molecule has 0 radical (unpaired) electrons. The number of anilines is 1. The van der Waals surface area contributed by atoms with Crippen molar-refractivity contribution in [1.82, 2.24) is 4.98 Å². The van der Waals surface area contributed by atoms with Gasteiger partial charge in [0.1, 0.15) is 17.2 Å². The number of nitrogens with one attached hydrogen (secondary N) is 1. The highest BCUT2D eigenvalue weighted by molar-refractivity contribution is 6.08. The fourth-order valence-corrected chi connectivity index (χ4v) is 3.28. The molecule has 0 aliphatic rings. The van der Waals surface area contributed by atoms with Crippen molar-refractivity contribution in [1.29, 1.82) is 0 Å². The number of benzene rings is 3. The molecule has 1 aromatic heterocycles. The quantitative estimate of drug-likeness (QED) is 0.429. The number of methoxy groups -OCH3 is 3. The van der Waals surface area contributed by atoms with E-state index in [9.17, 15) is 4.79 Å². The summed E-state index contributed by atoms with van der Waals surface area (Å²) in [4.78, 5) is 17.5. The van der Waals surface area contributed by atoms with Crippen molar-refractivity contribution in [3.05, 3.63) is 78.5 Å². The van der Waals surface area contributed by atoms with Crippen molar-refractivity contribution in [2.45, 2.75) is 0 Å². The molecule has 3 aromatic carbocycles. The first kappa shape index (κ1) is 21.0. The average molecular weight is 430 g/mol. The number of oxazole rings is 1. The third-order valence-corrected chi connectivity index (χ3v) is 4.92. The molecule has 0 aliphatic carbocycles. The number of carbonyl (C=O) groups excluding carboxylic acids is 1. The zero-order valence-corrected chi connectivity index (χ0v) is 17.9. The van der Waals surface area contributed by atoms with E-state index in [1.54, 1.807) is 56.8 Å². The largest absolute Gasteiger partial charge is 0.497 e. The number of ether oxygens (including phenoxy) is 3. The SMILES string of the molecule is COc1cccc(-c2cnc(-c3ccccc3C(=O)Nc3cc(OC)ccc3OC)o2)c1. The molecule has 0 aliphatic heterocycles. The summed E-state index contributed by atoms with van der Waals surface area (Å²) < 4.78 is 21.9. The van der Waals surface area contributed by atoms with E-state index in [-0.39, 0.29) is 5.91 Å². The molecule has 4 aromatic rings. The topological polar surface area (TPSA) is 82.8 Å². The van der Waals surface area contributed by atoms with Crippen LogP contribution in [0.15, 0.2) is 77.3 Å². The van der Waals surface area contributed by atoms with Crippen LogP contribution in [-0.2, 0) is 0 Å². The lowest BCUT2D eigenvalue weighted by molar-refractivity contribution is 0.102. The highest BCUT2D eigenvalue weighted by atomic mass is 16.5. The molecule has 0 saturated heterocycles. The van der Waals surface area contributed by atoms with Crippen LogP contribution in [-0.4, -0.2) is 32.2 Å². The van der Waals surface area contributed by atoms with E-state index in [1.165, 1.54) is 7.11 Å². The Balaban J connectivity index is 1.65. The maximum Gasteiger partial charge on any atom is 0.256 e. The Bertz CT molecular complexity index is 1250. The van der Waals surface area contributed by atoms with Gasteiger partial charge in [-0.05, 0) is 36.4 Å². The van der Waals surface area contributed by atoms with Gasteiger partial charge in [-0.2, -0.15) is 0 Å². The summed E-state index contributed by atoms with van der Waals surface area (Å²) in [5.74, 6) is 2.42. The zero-order chi connectivity index (χ0) is 22.5. The molecule has 0 atom stereocenters. The lowest BCUT2D eigenvalue weighted by Crippen LogP contribution is -2.14. The first-order valence-electron chi connectivity index (χ1n) is 9.86. The van der Waals surface area contributed by atoms with Gasteiger partial charge in [-0.3, -0.25) is 4.79 Å². The van der Waals surface area contributed by atoms with Gasteiger partial charge in [-0.25, -0.2) is 4.98 Å². The maximum atomic E-state index is 13.1. The van der Waals surface area contributed by atoms with Gasteiger partial charge >= 0.3 is 0 Å². The third kappa shape index (κ3) is 4.27. The predicted octanol–water partition coefficient (Wildman–Crippen LogP) is 5.29. The van der Waals surface area contributed by atoms with Crippen LogP contribution in [0, 0.1) is 0 Å². The van der Waals surface area contributed by atoms with E-state index in [4.69, 9.17) is 18.6 Å². The van der Waals surface area contributed by atoms with Gasteiger partial charge in [0.15, 0.2) is 5.76 Å². The van der Waals surface area contributed by atoms with Crippen LogP contribution in [0.1, 0.15) is 10.4 Å². The second-order valence-electron chi connectivity index (χ2n) is 6.83. The number of hydrogen-bond donors (Lipinski definition) is 1. The van der Waals surface area contributed by atoms with E-state index in [1.807, 2.05) is 30.3 Å². The monoisotopic (exact) mass is 430 g/mol. The molecule has 4 rings (SSSR count). The minimum absolute atomic E-state index is 0.326. The highest BCUT2D eigenvalue weighted by Gasteiger charge is 2.18. The van der Waals surface area contributed by atoms with E-state index in [2.05, 4.69) is 10.3 Å². The summed E-state index contributed by atoms with van der Waals surface area (Å²) in [5, 5.41) is 2.89. The summed E-state index contributed by atoms with van der Waals surface area (Å²) in [5.41, 5.74) is 2.31. The van der Waals surface area contributed by atoms with Crippen LogP contribution in [0.3, 0.4) is 0 Å². The Kier molecular flexibility index (Phi) is 6.07. The van der Waals surface area contributed by atoms with Gasteiger partial charge in [0, 0.05) is 17.2 Å². The molecule has 0 saturated carbocycles. The molecule has 162 valence electrons. The molecule has 1 heterocycles. The van der Waals surface area contributed by atoms with Crippen LogP contribution in [0.4, 0.5) is 5.69 Å². The minimum atomic E-state index is -0.326. The minimum Gasteiger partial charge on any atom is -0.497 e. The summed E-state index contributed by atoms with van der Waals surface area (Å²) in [6.07, 6.45) is 1.63. The Morgan fingerprint density at radius 3 is 2.44 bits per heavy atom. The van der Waals surface area contributed by atoms with Crippen molar-refractivity contribution in [2.24, 2.45) is 0 Å². The maximum absolute atomic E-state index is 13.1. The van der Waals surface area contributed by atoms with Crippen molar-refractivity contribution in [2.75, 3.05) is 26.6 Å². The highest BCUT2D eigenvalue weighted by Crippen LogP contribution is 2.32. The van der Waals surface area contributed by atoms with E-state index in [0.717, 1.165) is 5.56 Å². The standard InChI is InChI=1S/C25H22N2O5/c1-29-17-8-6-7-16(13-17)23-15-26-25(32-23)20-10-5-4-9-19(20)24(28)27-21-14-18(30-2)11-12-22(21)31-3/h4-15H,1-3H3,(H,27,28). The van der Waals surface area contributed by atoms with Crippen LogP contribution < -0.4 is 19.5 Å². The molecule has 7 nitrogen and oxygen atoms in total. The fraction of sp³-hybridized carbons (Fsp3) is 0.120. The molecule has 0 spiro atoms. The van der Waals surface area contributed by atoms with Crippen molar-refractivity contribution < 1.29 is 23.4 Å².